The molecule has 0 bridgehead atoms. The van der Waals surface area contributed by atoms with Gasteiger partial charge in [0.2, 0.25) is 0 Å². The average Bonchev–Trinajstić information content (AvgIpc) is 2.35. The molecule has 0 saturated carbocycles. The molecule has 1 aliphatic rings. The second-order valence-electron chi connectivity index (χ2n) is 6.79. The van der Waals surface area contributed by atoms with E-state index in [0.717, 1.165) is 6.54 Å². The fourth-order valence-corrected chi connectivity index (χ4v) is 2.14. The number of hydrogen-bond acceptors (Lipinski definition) is 5. The second-order valence-corrected chi connectivity index (χ2v) is 6.79. The third-order valence-corrected chi connectivity index (χ3v) is 2.99. The third-order valence-electron chi connectivity index (χ3n) is 2.99. The topological polar surface area (TPSA) is 76.7 Å². The number of hydrogen-bond donors (Lipinski definition) is 2. The molecule has 1 unspecified atom stereocenters. The van der Waals surface area contributed by atoms with Crippen LogP contribution in [0.3, 0.4) is 0 Å². The van der Waals surface area contributed by atoms with Gasteiger partial charge in [-0.1, -0.05) is 13.8 Å². The molecule has 1 aliphatic heterocycles. The van der Waals surface area contributed by atoms with Crippen LogP contribution in [0.4, 0.5) is 4.79 Å². The summed E-state index contributed by atoms with van der Waals surface area (Å²) in [6.45, 7) is 11.1. The predicted octanol–water partition coefficient (Wildman–Crippen LogP) is 1.48. The Kier molecular flexibility index (Phi) is 6.61. The molecule has 0 aromatic rings. The molecule has 2 atom stereocenters. The van der Waals surface area contributed by atoms with Gasteiger partial charge in [0.05, 0.1) is 12.6 Å². The van der Waals surface area contributed by atoms with Crippen LogP contribution in [0.1, 0.15) is 41.0 Å². The van der Waals surface area contributed by atoms with Crippen LogP contribution in [-0.2, 0) is 14.3 Å². The van der Waals surface area contributed by atoms with Crippen molar-refractivity contribution in [3.8, 4) is 0 Å². The smallest absolute Gasteiger partial charge is 0.408 e. The molecule has 122 valence electrons. The van der Waals surface area contributed by atoms with E-state index < -0.39 is 23.8 Å². The molecule has 1 amide bonds. The molecule has 1 saturated heterocycles. The number of carbonyl (C=O) groups excluding carboxylic acids is 2. The highest BCUT2D eigenvalue weighted by Crippen LogP contribution is 2.12. The van der Waals surface area contributed by atoms with Crippen molar-refractivity contribution in [1.82, 2.24) is 10.6 Å². The van der Waals surface area contributed by atoms with Crippen molar-refractivity contribution in [3.05, 3.63) is 0 Å². The van der Waals surface area contributed by atoms with Gasteiger partial charge in [0.15, 0.2) is 5.78 Å². The molecular formula is C15H28N2O4. The molecule has 1 rings (SSSR count). The van der Waals surface area contributed by atoms with Crippen molar-refractivity contribution in [2.24, 2.45) is 5.92 Å². The van der Waals surface area contributed by atoms with Crippen LogP contribution in [0.2, 0.25) is 0 Å². The summed E-state index contributed by atoms with van der Waals surface area (Å²) in [5.41, 5.74) is -0.585. The zero-order valence-electron chi connectivity index (χ0n) is 13.7. The quantitative estimate of drug-likeness (QED) is 0.804. The molecular weight excluding hydrogens is 272 g/mol. The Morgan fingerprint density at radius 2 is 2.05 bits per heavy atom. The van der Waals surface area contributed by atoms with Crippen LogP contribution in [0, 0.1) is 5.92 Å². The van der Waals surface area contributed by atoms with Crippen LogP contribution in [0.15, 0.2) is 0 Å². The predicted molar refractivity (Wildman–Crippen MR) is 80.2 cm³/mol. The van der Waals surface area contributed by atoms with E-state index >= 15 is 0 Å². The lowest BCUT2D eigenvalue weighted by molar-refractivity contribution is -0.134. The van der Waals surface area contributed by atoms with E-state index in [9.17, 15) is 9.59 Å². The van der Waals surface area contributed by atoms with Crippen molar-refractivity contribution in [2.45, 2.75) is 58.8 Å². The average molecular weight is 300 g/mol. The van der Waals surface area contributed by atoms with Crippen molar-refractivity contribution in [3.63, 3.8) is 0 Å². The zero-order valence-corrected chi connectivity index (χ0v) is 13.7. The van der Waals surface area contributed by atoms with Crippen molar-refractivity contribution in [2.75, 3.05) is 19.7 Å². The molecule has 21 heavy (non-hydrogen) atoms. The van der Waals surface area contributed by atoms with Crippen molar-refractivity contribution in [1.29, 1.82) is 0 Å². The Hall–Kier alpha value is -1.14. The first-order valence-corrected chi connectivity index (χ1v) is 7.54. The van der Waals surface area contributed by atoms with Gasteiger partial charge in [-0.25, -0.2) is 4.79 Å². The number of Topliss-reactive ketones (excluding diaryl/α,β-unsaturated/α-hetero) is 1. The van der Waals surface area contributed by atoms with Gasteiger partial charge < -0.3 is 20.1 Å². The molecule has 6 heteroatoms. The maximum absolute atomic E-state index is 12.5. The van der Waals surface area contributed by atoms with Crippen LogP contribution >= 0.6 is 0 Å². The number of amides is 1. The van der Waals surface area contributed by atoms with E-state index in [1.807, 2.05) is 13.8 Å². The van der Waals surface area contributed by atoms with Crippen LogP contribution in [0.5, 0.6) is 0 Å². The zero-order chi connectivity index (χ0) is 16.0. The van der Waals surface area contributed by atoms with E-state index in [2.05, 4.69) is 10.6 Å². The number of ketones is 1. The SMILES string of the molecule is CC(C)C[C@H](NC(=O)OC(C)(C)C)C(=O)C1CNCCO1. The first kappa shape index (κ1) is 17.9. The highest BCUT2D eigenvalue weighted by atomic mass is 16.6. The van der Waals surface area contributed by atoms with E-state index in [-0.39, 0.29) is 11.7 Å². The van der Waals surface area contributed by atoms with Crippen molar-refractivity contribution < 1.29 is 19.1 Å². The normalized spacial score (nSPS) is 21.0. The maximum atomic E-state index is 12.5. The van der Waals surface area contributed by atoms with E-state index in [1.54, 1.807) is 20.8 Å². The highest BCUT2D eigenvalue weighted by Gasteiger charge is 2.31. The van der Waals surface area contributed by atoms with E-state index in [4.69, 9.17) is 9.47 Å². The van der Waals surface area contributed by atoms with Gasteiger partial charge in [-0.05, 0) is 33.1 Å². The van der Waals surface area contributed by atoms with Crippen LogP contribution in [0.25, 0.3) is 0 Å². The molecule has 1 heterocycles. The Morgan fingerprint density at radius 1 is 1.38 bits per heavy atom. The Labute approximate surface area is 126 Å². The third kappa shape index (κ3) is 6.91. The van der Waals surface area contributed by atoms with Gasteiger partial charge in [-0.3, -0.25) is 4.79 Å². The molecule has 0 aromatic carbocycles. The molecule has 0 aromatic heterocycles. The minimum absolute atomic E-state index is 0.0956. The number of alkyl carbamates (subject to hydrolysis) is 1. The number of nitrogens with one attached hydrogen (secondary N) is 2. The summed E-state index contributed by atoms with van der Waals surface area (Å²) >= 11 is 0. The fourth-order valence-electron chi connectivity index (χ4n) is 2.14. The molecule has 0 aliphatic carbocycles. The number of morpholine rings is 1. The molecule has 6 nitrogen and oxygen atoms in total. The summed E-state index contributed by atoms with van der Waals surface area (Å²) in [5, 5.41) is 5.81. The van der Waals surface area contributed by atoms with E-state index in [0.29, 0.717) is 19.6 Å². The van der Waals surface area contributed by atoms with Gasteiger partial charge >= 0.3 is 6.09 Å². The lowest BCUT2D eigenvalue weighted by atomic mass is 9.97. The van der Waals surface area contributed by atoms with Crippen LogP contribution < -0.4 is 10.6 Å². The molecule has 0 radical (unpaired) electrons. The Balaban J connectivity index is 2.65. The Bertz CT molecular complexity index is 357. The van der Waals surface area contributed by atoms with Crippen LogP contribution in [-0.4, -0.2) is 49.3 Å². The lowest BCUT2D eigenvalue weighted by Crippen LogP contribution is -2.52. The van der Waals surface area contributed by atoms with Gasteiger partial charge in [0, 0.05) is 13.1 Å². The number of carbonyl (C=O) groups is 2. The highest BCUT2D eigenvalue weighted by molar-refractivity contribution is 5.91. The van der Waals surface area contributed by atoms with Gasteiger partial charge in [0.1, 0.15) is 11.7 Å². The Morgan fingerprint density at radius 3 is 2.52 bits per heavy atom. The summed E-state index contributed by atoms with van der Waals surface area (Å²) in [4.78, 5) is 24.4. The lowest BCUT2D eigenvalue weighted by Gasteiger charge is -2.28. The monoisotopic (exact) mass is 300 g/mol. The van der Waals surface area contributed by atoms with E-state index in [1.165, 1.54) is 0 Å². The maximum Gasteiger partial charge on any atom is 0.408 e. The summed E-state index contributed by atoms with van der Waals surface area (Å²) in [6.07, 6.45) is -0.500. The first-order chi connectivity index (χ1) is 9.69. The molecule has 2 N–H and O–H groups in total. The summed E-state index contributed by atoms with van der Waals surface area (Å²) < 4.78 is 10.7. The van der Waals surface area contributed by atoms with Crippen molar-refractivity contribution >= 4 is 11.9 Å². The van der Waals surface area contributed by atoms with Gasteiger partial charge in [-0.15, -0.1) is 0 Å². The minimum atomic E-state index is -0.585. The van der Waals surface area contributed by atoms with Gasteiger partial charge in [-0.2, -0.15) is 0 Å². The minimum Gasteiger partial charge on any atom is -0.444 e. The number of rotatable bonds is 5. The standard InChI is InChI=1S/C15H28N2O4/c1-10(2)8-11(17-14(19)21-15(3,4)5)13(18)12-9-16-6-7-20-12/h10-12,16H,6-9H2,1-5H3,(H,17,19)/t11-,12?/m0/s1. The summed E-state index contributed by atoms with van der Waals surface area (Å²) in [7, 11) is 0. The molecule has 0 spiro atoms. The summed E-state index contributed by atoms with van der Waals surface area (Å²) in [6, 6.07) is -0.579. The second kappa shape index (κ2) is 7.75. The largest absolute Gasteiger partial charge is 0.444 e. The summed E-state index contributed by atoms with van der Waals surface area (Å²) in [5.74, 6) is 0.187. The molecule has 1 fully saturated rings. The first-order valence-electron chi connectivity index (χ1n) is 7.54. The fraction of sp³-hybridized carbons (Fsp3) is 0.867. The number of ether oxygens (including phenoxy) is 2. The van der Waals surface area contributed by atoms with Gasteiger partial charge in [0.25, 0.3) is 0 Å².